The number of benzene rings is 1. The van der Waals surface area contributed by atoms with Gasteiger partial charge in [0.25, 0.3) is 5.91 Å². The lowest BCUT2D eigenvalue weighted by Crippen LogP contribution is -2.23. The Morgan fingerprint density at radius 1 is 1.26 bits per heavy atom. The van der Waals surface area contributed by atoms with Crippen LogP contribution in [-0.4, -0.2) is 29.7 Å². The highest BCUT2D eigenvalue weighted by Crippen LogP contribution is 2.27. The van der Waals surface area contributed by atoms with Crippen LogP contribution >= 0.6 is 0 Å². The Kier molecular flexibility index (Phi) is 4.50. The molecule has 1 aromatic carbocycles. The van der Waals surface area contributed by atoms with Crippen molar-refractivity contribution in [3.63, 3.8) is 0 Å². The number of hydrogen-bond donors (Lipinski definition) is 1. The predicted octanol–water partition coefficient (Wildman–Crippen LogP) is 2.17. The molecule has 0 bridgehead atoms. The second-order valence-electron chi connectivity index (χ2n) is 5.56. The molecular formula is C17H21N3O3. The summed E-state index contributed by atoms with van der Waals surface area (Å²) in [4.78, 5) is 16.7. The van der Waals surface area contributed by atoms with Gasteiger partial charge in [-0.3, -0.25) is 4.79 Å². The first-order valence-corrected chi connectivity index (χ1v) is 7.76. The lowest BCUT2D eigenvalue weighted by molar-refractivity contribution is 0.0946. The molecule has 0 unspecified atom stereocenters. The summed E-state index contributed by atoms with van der Waals surface area (Å²) in [7, 11) is 3.19. The smallest absolute Gasteiger partial charge is 0.271 e. The Morgan fingerprint density at radius 2 is 2.09 bits per heavy atom. The third kappa shape index (κ3) is 3.31. The Balaban J connectivity index is 1.66. The molecule has 6 nitrogen and oxygen atoms in total. The molecule has 0 fully saturated rings. The monoisotopic (exact) mass is 315 g/mol. The largest absolute Gasteiger partial charge is 0.493 e. The van der Waals surface area contributed by atoms with Gasteiger partial charge in [0.05, 0.1) is 14.2 Å². The normalized spacial score (nSPS) is 13.3. The maximum Gasteiger partial charge on any atom is 0.271 e. The maximum atomic E-state index is 12.3. The van der Waals surface area contributed by atoms with E-state index in [9.17, 15) is 4.79 Å². The number of nitrogens with one attached hydrogen (secondary N) is 1. The van der Waals surface area contributed by atoms with Crippen LogP contribution in [0, 0.1) is 0 Å². The van der Waals surface area contributed by atoms with Crippen LogP contribution in [-0.2, 0) is 19.5 Å². The molecule has 2 heterocycles. The molecule has 0 saturated heterocycles. The summed E-state index contributed by atoms with van der Waals surface area (Å²) in [6.07, 6.45) is 5.08. The lowest BCUT2D eigenvalue weighted by Gasteiger charge is -2.11. The molecule has 3 rings (SSSR count). The second-order valence-corrected chi connectivity index (χ2v) is 5.56. The summed E-state index contributed by atoms with van der Waals surface area (Å²) < 4.78 is 12.6. The van der Waals surface area contributed by atoms with Crippen molar-refractivity contribution < 1.29 is 14.3 Å². The second kappa shape index (κ2) is 6.73. The Morgan fingerprint density at radius 3 is 2.83 bits per heavy atom. The zero-order chi connectivity index (χ0) is 16.2. The van der Waals surface area contributed by atoms with Crippen LogP contribution in [0.5, 0.6) is 11.5 Å². The Bertz CT molecular complexity index is 686. The summed E-state index contributed by atoms with van der Waals surface area (Å²) in [6, 6.07) is 5.59. The average Bonchev–Trinajstić information content (AvgIpc) is 3.03. The minimum absolute atomic E-state index is 0.151. The molecule has 1 aliphatic heterocycles. The van der Waals surface area contributed by atoms with E-state index in [4.69, 9.17) is 9.47 Å². The van der Waals surface area contributed by atoms with E-state index in [2.05, 4.69) is 14.9 Å². The molecule has 0 atom stereocenters. The topological polar surface area (TPSA) is 65.4 Å². The van der Waals surface area contributed by atoms with Gasteiger partial charge >= 0.3 is 0 Å². The fraction of sp³-hybridized carbons (Fsp3) is 0.412. The molecule has 6 heteroatoms. The van der Waals surface area contributed by atoms with E-state index in [0.29, 0.717) is 23.7 Å². The molecular weight excluding hydrogens is 294 g/mol. The number of aromatic nitrogens is 2. The van der Waals surface area contributed by atoms with Crippen LogP contribution in [0.2, 0.25) is 0 Å². The third-order valence-electron chi connectivity index (χ3n) is 4.04. The van der Waals surface area contributed by atoms with Gasteiger partial charge in [-0.2, -0.15) is 0 Å². The van der Waals surface area contributed by atoms with Crippen LogP contribution < -0.4 is 14.8 Å². The molecule has 0 spiro atoms. The van der Waals surface area contributed by atoms with Crippen molar-refractivity contribution >= 4 is 5.91 Å². The first kappa shape index (κ1) is 15.4. The molecule has 1 N–H and O–H groups in total. The number of hydrogen-bond acceptors (Lipinski definition) is 4. The van der Waals surface area contributed by atoms with E-state index in [1.165, 1.54) is 0 Å². The minimum Gasteiger partial charge on any atom is -0.493 e. The first-order valence-electron chi connectivity index (χ1n) is 7.76. The van der Waals surface area contributed by atoms with E-state index in [1.54, 1.807) is 14.2 Å². The molecule has 0 saturated carbocycles. The van der Waals surface area contributed by atoms with Crippen molar-refractivity contribution in [2.24, 2.45) is 0 Å². The molecule has 1 aromatic heterocycles. The number of methoxy groups -OCH3 is 2. The fourth-order valence-electron chi connectivity index (χ4n) is 2.79. The number of carbonyl (C=O) groups is 1. The highest BCUT2D eigenvalue weighted by atomic mass is 16.5. The van der Waals surface area contributed by atoms with Crippen molar-refractivity contribution in [3.05, 3.63) is 41.5 Å². The third-order valence-corrected chi connectivity index (χ3v) is 4.04. The van der Waals surface area contributed by atoms with E-state index >= 15 is 0 Å². The molecule has 23 heavy (non-hydrogen) atoms. The quantitative estimate of drug-likeness (QED) is 0.918. The molecule has 0 aliphatic carbocycles. The number of imidazole rings is 1. The molecule has 1 amide bonds. The maximum absolute atomic E-state index is 12.3. The van der Waals surface area contributed by atoms with Gasteiger partial charge in [-0.25, -0.2) is 4.98 Å². The molecule has 122 valence electrons. The minimum atomic E-state index is -0.151. The van der Waals surface area contributed by atoms with E-state index in [1.807, 2.05) is 24.4 Å². The summed E-state index contributed by atoms with van der Waals surface area (Å²) in [5.41, 5.74) is 1.43. The lowest BCUT2D eigenvalue weighted by atomic mass is 10.2. The van der Waals surface area contributed by atoms with Crippen LogP contribution in [0.25, 0.3) is 0 Å². The van der Waals surface area contributed by atoms with E-state index < -0.39 is 0 Å². The van der Waals surface area contributed by atoms with Crippen molar-refractivity contribution in [1.82, 2.24) is 14.9 Å². The van der Waals surface area contributed by atoms with Gasteiger partial charge in [-0.15, -0.1) is 0 Å². The molecule has 0 radical (unpaired) electrons. The van der Waals surface area contributed by atoms with Crippen LogP contribution in [0.4, 0.5) is 0 Å². The zero-order valence-corrected chi connectivity index (χ0v) is 13.5. The Hall–Kier alpha value is -2.50. The van der Waals surface area contributed by atoms with Crippen molar-refractivity contribution in [2.45, 2.75) is 32.4 Å². The highest BCUT2D eigenvalue weighted by molar-refractivity contribution is 5.92. The number of aryl methyl sites for hydroxylation is 2. The number of nitrogens with zero attached hydrogens (tertiary/aromatic N) is 2. The predicted molar refractivity (Wildman–Crippen MR) is 85.9 cm³/mol. The highest BCUT2D eigenvalue weighted by Gasteiger charge is 2.16. The number of rotatable bonds is 5. The van der Waals surface area contributed by atoms with Gasteiger partial charge < -0.3 is 19.4 Å². The Labute approximate surface area is 135 Å². The average molecular weight is 315 g/mol. The first-order chi connectivity index (χ1) is 11.2. The van der Waals surface area contributed by atoms with E-state index in [0.717, 1.165) is 37.2 Å². The van der Waals surface area contributed by atoms with Crippen molar-refractivity contribution in [1.29, 1.82) is 0 Å². The van der Waals surface area contributed by atoms with Crippen molar-refractivity contribution in [3.8, 4) is 11.5 Å². The van der Waals surface area contributed by atoms with Gasteiger partial charge in [-0.1, -0.05) is 6.07 Å². The SMILES string of the molecule is COc1ccc(CNC(=O)c2cn3c(n2)CCCC3)cc1OC. The summed E-state index contributed by atoms with van der Waals surface area (Å²) in [6.45, 7) is 1.37. The molecule has 2 aromatic rings. The van der Waals surface area contributed by atoms with Crippen LogP contribution in [0.3, 0.4) is 0 Å². The summed E-state index contributed by atoms with van der Waals surface area (Å²) in [5.74, 6) is 2.18. The number of ether oxygens (including phenoxy) is 2. The van der Waals surface area contributed by atoms with Gasteiger partial charge in [0.2, 0.25) is 0 Å². The summed E-state index contributed by atoms with van der Waals surface area (Å²) >= 11 is 0. The van der Waals surface area contributed by atoms with Crippen LogP contribution in [0.1, 0.15) is 34.7 Å². The van der Waals surface area contributed by atoms with E-state index in [-0.39, 0.29) is 5.91 Å². The van der Waals surface area contributed by atoms with Gasteiger partial charge in [0.15, 0.2) is 11.5 Å². The fourth-order valence-corrected chi connectivity index (χ4v) is 2.79. The zero-order valence-electron chi connectivity index (χ0n) is 13.5. The number of carbonyl (C=O) groups excluding carboxylic acids is 1. The number of fused-ring (bicyclic) bond motifs is 1. The van der Waals surface area contributed by atoms with Crippen LogP contribution in [0.15, 0.2) is 24.4 Å². The van der Waals surface area contributed by atoms with Gasteiger partial charge in [0.1, 0.15) is 11.5 Å². The summed E-state index contributed by atoms with van der Waals surface area (Å²) in [5, 5.41) is 2.90. The van der Waals surface area contributed by atoms with Gasteiger partial charge in [-0.05, 0) is 30.5 Å². The standard InChI is InChI=1S/C17H21N3O3/c1-22-14-7-6-12(9-15(14)23-2)10-18-17(21)13-11-20-8-4-3-5-16(20)19-13/h6-7,9,11H,3-5,8,10H2,1-2H3,(H,18,21). The number of amides is 1. The molecule has 1 aliphatic rings. The van der Waals surface area contributed by atoms with Gasteiger partial charge in [0, 0.05) is 25.7 Å². The van der Waals surface area contributed by atoms with Crippen molar-refractivity contribution in [2.75, 3.05) is 14.2 Å².